The number of nitrogens with one attached hydrogen (secondary N) is 1. The van der Waals surface area contributed by atoms with Crippen LogP contribution in [0.5, 0.6) is 0 Å². The number of aryl methyl sites for hydroxylation is 3. The molecule has 0 atom stereocenters. The van der Waals surface area contributed by atoms with Crippen molar-refractivity contribution in [3.63, 3.8) is 0 Å². The lowest BCUT2D eigenvalue weighted by molar-refractivity contribution is -0.116. The minimum atomic E-state index is -0.224. The number of carbonyl (C=O) groups excluding carboxylic acids is 1. The minimum absolute atomic E-state index is 0.0304. The van der Waals surface area contributed by atoms with Crippen LogP contribution in [0.15, 0.2) is 71.8 Å². The van der Waals surface area contributed by atoms with Crippen molar-refractivity contribution in [3.05, 3.63) is 99.6 Å². The topological polar surface area (TPSA) is 56.0 Å². The van der Waals surface area contributed by atoms with Gasteiger partial charge in [-0.1, -0.05) is 35.9 Å². The molecule has 0 radical (unpaired) electrons. The van der Waals surface area contributed by atoms with Crippen LogP contribution < -0.4 is 10.9 Å². The zero-order valence-electron chi connectivity index (χ0n) is 17.5. The van der Waals surface area contributed by atoms with Crippen molar-refractivity contribution >= 4 is 22.5 Å². The van der Waals surface area contributed by atoms with E-state index in [-0.39, 0.29) is 18.0 Å². The zero-order chi connectivity index (χ0) is 21.3. The molecule has 5 nitrogen and oxygen atoms in total. The maximum atomic E-state index is 13.1. The quantitative estimate of drug-likeness (QED) is 0.540. The molecule has 2 aromatic carbocycles. The molecule has 4 rings (SSSR count). The van der Waals surface area contributed by atoms with Gasteiger partial charge in [-0.25, -0.2) is 0 Å². The molecule has 0 aliphatic heterocycles. The summed E-state index contributed by atoms with van der Waals surface area (Å²) in [5, 5.41) is 3.77. The molecule has 1 amide bonds. The first kappa shape index (κ1) is 19.7. The van der Waals surface area contributed by atoms with Gasteiger partial charge in [-0.2, -0.15) is 0 Å². The summed E-state index contributed by atoms with van der Waals surface area (Å²) in [6.07, 6.45) is 3.61. The maximum absolute atomic E-state index is 13.1. The molecule has 4 aromatic rings. The zero-order valence-corrected chi connectivity index (χ0v) is 17.5. The number of carbonyl (C=O) groups is 1. The highest BCUT2D eigenvalue weighted by Crippen LogP contribution is 2.16. The smallest absolute Gasteiger partial charge is 0.275 e. The Morgan fingerprint density at radius 2 is 1.57 bits per heavy atom. The lowest BCUT2D eigenvalue weighted by Crippen LogP contribution is -2.28. The molecular formula is C25H25N3O2. The Bertz CT molecular complexity index is 1280. The van der Waals surface area contributed by atoms with Crippen molar-refractivity contribution in [1.82, 2.24) is 9.13 Å². The Balaban J connectivity index is 1.59. The third-order valence-corrected chi connectivity index (χ3v) is 5.15. The lowest BCUT2D eigenvalue weighted by atomic mass is 10.1. The highest BCUT2D eigenvalue weighted by atomic mass is 16.2. The summed E-state index contributed by atoms with van der Waals surface area (Å²) >= 11 is 0. The second kappa shape index (κ2) is 8.03. The summed E-state index contributed by atoms with van der Waals surface area (Å²) in [7, 11) is 0. The Morgan fingerprint density at radius 1 is 0.867 bits per heavy atom. The van der Waals surface area contributed by atoms with Crippen molar-refractivity contribution in [2.45, 2.75) is 33.9 Å². The first-order valence-corrected chi connectivity index (χ1v) is 10.0. The van der Waals surface area contributed by atoms with Gasteiger partial charge in [-0.15, -0.1) is 0 Å². The van der Waals surface area contributed by atoms with Crippen molar-refractivity contribution < 1.29 is 4.79 Å². The fraction of sp³-hybridized carbons (Fsp3) is 0.200. The van der Waals surface area contributed by atoms with Crippen molar-refractivity contribution in [1.29, 1.82) is 0 Å². The van der Waals surface area contributed by atoms with Crippen LogP contribution in [0.3, 0.4) is 0 Å². The second-order valence-corrected chi connectivity index (χ2v) is 7.91. The third-order valence-electron chi connectivity index (χ3n) is 5.15. The largest absolute Gasteiger partial charge is 0.339 e. The van der Waals surface area contributed by atoms with Crippen LogP contribution in [0.1, 0.15) is 22.3 Å². The van der Waals surface area contributed by atoms with E-state index in [4.69, 9.17) is 0 Å². The van der Waals surface area contributed by atoms with E-state index in [1.807, 2.05) is 54.9 Å². The molecule has 0 fully saturated rings. The van der Waals surface area contributed by atoms with Gasteiger partial charge in [0.25, 0.3) is 5.56 Å². The van der Waals surface area contributed by atoms with E-state index in [0.29, 0.717) is 12.1 Å². The highest BCUT2D eigenvalue weighted by molar-refractivity contribution is 5.91. The summed E-state index contributed by atoms with van der Waals surface area (Å²) in [5.74, 6) is -0.224. The van der Waals surface area contributed by atoms with E-state index in [2.05, 4.69) is 36.5 Å². The molecule has 0 saturated heterocycles. The van der Waals surface area contributed by atoms with E-state index in [0.717, 1.165) is 27.8 Å². The highest BCUT2D eigenvalue weighted by Gasteiger charge is 2.12. The predicted molar refractivity (Wildman–Crippen MR) is 121 cm³/mol. The van der Waals surface area contributed by atoms with Crippen LogP contribution in [0, 0.1) is 20.8 Å². The summed E-state index contributed by atoms with van der Waals surface area (Å²) in [5.41, 5.74) is 5.67. The molecule has 0 aliphatic rings. The molecule has 0 unspecified atom stereocenters. The number of aromatic nitrogens is 2. The first-order valence-electron chi connectivity index (χ1n) is 10.0. The fourth-order valence-electron chi connectivity index (χ4n) is 3.91. The fourth-order valence-corrected chi connectivity index (χ4v) is 3.91. The molecule has 2 aromatic heterocycles. The number of rotatable bonds is 5. The second-order valence-electron chi connectivity index (χ2n) is 7.91. The molecule has 5 heteroatoms. The standard InChI is InChI=1S/C25H25N3O2/c1-17-5-4-6-20(12-17)15-27-9-7-21-8-10-28(25(30)24(21)27)16-23(29)26-22-13-18(2)11-19(3)14-22/h4-14H,15-16H2,1-3H3,(H,26,29). The summed E-state index contributed by atoms with van der Waals surface area (Å²) < 4.78 is 3.41. The third kappa shape index (κ3) is 4.20. The molecule has 0 bridgehead atoms. The molecule has 0 saturated carbocycles. The van der Waals surface area contributed by atoms with E-state index in [9.17, 15) is 9.59 Å². The van der Waals surface area contributed by atoms with Crippen LogP contribution in [-0.4, -0.2) is 15.0 Å². The average Bonchev–Trinajstić information content (AvgIpc) is 3.06. The monoisotopic (exact) mass is 399 g/mol. The van der Waals surface area contributed by atoms with Gasteiger partial charge < -0.3 is 14.5 Å². The van der Waals surface area contributed by atoms with Gasteiger partial charge in [-0.3, -0.25) is 9.59 Å². The summed E-state index contributed by atoms with van der Waals surface area (Å²) in [6.45, 7) is 6.61. The van der Waals surface area contributed by atoms with Crippen molar-refractivity contribution in [3.8, 4) is 0 Å². The van der Waals surface area contributed by atoms with Gasteiger partial charge in [0.1, 0.15) is 12.1 Å². The van der Waals surface area contributed by atoms with Crippen LogP contribution in [0.25, 0.3) is 10.9 Å². The Kier molecular flexibility index (Phi) is 5.27. The maximum Gasteiger partial charge on any atom is 0.275 e. The van der Waals surface area contributed by atoms with Gasteiger partial charge in [0.15, 0.2) is 0 Å². The molecule has 0 spiro atoms. The van der Waals surface area contributed by atoms with E-state index in [1.165, 1.54) is 10.1 Å². The number of hydrogen-bond acceptors (Lipinski definition) is 2. The van der Waals surface area contributed by atoms with Crippen molar-refractivity contribution in [2.24, 2.45) is 0 Å². The SMILES string of the molecule is Cc1cccc(Cn2ccc3ccn(CC(=O)Nc4cc(C)cc(C)c4)c(=O)c32)c1. The van der Waals surface area contributed by atoms with E-state index in [1.54, 1.807) is 6.20 Å². The first-order chi connectivity index (χ1) is 14.4. The summed E-state index contributed by atoms with van der Waals surface area (Å²) in [4.78, 5) is 25.7. The number of pyridine rings is 1. The summed E-state index contributed by atoms with van der Waals surface area (Å²) in [6, 6.07) is 18.0. The van der Waals surface area contributed by atoms with Gasteiger partial charge >= 0.3 is 0 Å². The molecule has 152 valence electrons. The average molecular weight is 399 g/mol. The number of fused-ring (bicyclic) bond motifs is 1. The molecular weight excluding hydrogens is 374 g/mol. The molecule has 1 N–H and O–H groups in total. The normalized spacial score (nSPS) is 11.0. The van der Waals surface area contributed by atoms with Crippen LogP contribution in [0.2, 0.25) is 0 Å². The Morgan fingerprint density at radius 3 is 2.27 bits per heavy atom. The van der Waals surface area contributed by atoms with Gasteiger partial charge in [0, 0.05) is 30.0 Å². The molecule has 2 heterocycles. The van der Waals surface area contributed by atoms with Gasteiger partial charge in [-0.05, 0) is 61.7 Å². The van der Waals surface area contributed by atoms with Crippen LogP contribution in [-0.2, 0) is 17.9 Å². The number of hydrogen-bond donors (Lipinski definition) is 1. The van der Waals surface area contributed by atoms with Gasteiger partial charge in [0.05, 0.1) is 0 Å². The van der Waals surface area contributed by atoms with Crippen LogP contribution >= 0.6 is 0 Å². The number of benzene rings is 2. The molecule has 30 heavy (non-hydrogen) atoms. The lowest BCUT2D eigenvalue weighted by Gasteiger charge is -2.11. The van der Waals surface area contributed by atoms with Crippen LogP contribution in [0.4, 0.5) is 5.69 Å². The predicted octanol–water partition coefficient (Wildman–Crippen LogP) is 4.42. The van der Waals surface area contributed by atoms with Gasteiger partial charge in [0.2, 0.25) is 5.91 Å². The molecule has 0 aliphatic carbocycles. The number of amides is 1. The minimum Gasteiger partial charge on any atom is -0.339 e. The van der Waals surface area contributed by atoms with E-state index >= 15 is 0 Å². The Labute approximate surface area is 175 Å². The number of anilines is 1. The number of nitrogens with zero attached hydrogens (tertiary/aromatic N) is 2. The van der Waals surface area contributed by atoms with E-state index < -0.39 is 0 Å². The Hall–Kier alpha value is -3.60. The van der Waals surface area contributed by atoms with Crippen molar-refractivity contribution in [2.75, 3.05) is 5.32 Å².